The molecule has 0 saturated heterocycles. The van der Waals surface area contributed by atoms with Gasteiger partial charge in [0.15, 0.2) is 0 Å². The van der Waals surface area contributed by atoms with Crippen molar-refractivity contribution >= 4 is 43.1 Å². The molecule has 1 aliphatic carbocycles. The smallest absolute Gasteiger partial charge is 0.0991 e. The molecule has 0 atom stereocenters. The highest BCUT2D eigenvalue weighted by Gasteiger charge is 2.25. The SMILES string of the molecule is N#Cc1ccc(-c2ccc3c4c(cccc24)-c2cc4c(-c5ccc(C#N)cc5)cc5c6ccccc6c(-c6ccc(C#N)cc6)cc5c4cc2-3)cc1. The minimum Gasteiger partial charge on any atom is -0.192 e. The van der Waals surface area contributed by atoms with Gasteiger partial charge in [0.25, 0.3) is 0 Å². The van der Waals surface area contributed by atoms with Crippen molar-refractivity contribution in [3.8, 4) is 73.8 Å². The lowest BCUT2D eigenvalue weighted by molar-refractivity contribution is 1.48. The Morgan fingerprint density at radius 2 is 0.673 bits per heavy atom. The van der Waals surface area contributed by atoms with Gasteiger partial charge in [0.05, 0.1) is 34.9 Å². The Hall–Kier alpha value is -7.51. The topological polar surface area (TPSA) is 71.4 Å². The first-order chi connectivity index (χ1) is 25.6. The lowest BCUT2D eigenvalue weighted by Crippen LogP contribution is -1.91. The van der Waals surface area contributed by atoms with Gasteiger partial charge in [-0.15, -0.1) is 0 Å². The Morgan fingerprint density at radius 3 is 1.25 bits per heavy atom. The molecule has 0 fully saturated rings. The highest BCUT2D eigenvalue weighted by atomic mass is 14.3. The lowest BCUT2D eigenvalue weighted by Gasteiger charge is -2.17. The Bertz CT molecular complexity index is 3110. The molecular weight excluding hydrogens is 631 g/mol. The van der Waals surface area contributed by atoms with Crippen LogP contribution in [0, 0.1) is 34.0 Å². The van der Waals surface area contributed by atoms with E-state index in [1.54, 1.807) is 0 Å². The first kappa shape index (κ1) is 29.4. The molecule has 0 aliphatic heterocycles. The van der Waals surface area contributed by atoms with E-state index in [0.717, 1.165) is 65.7 Å². The summed E-state index contributed by atoms with van der Waals surface area (Å²) in [6, 6.07) is 59.3. The molecule has 9 aromatic rings. The van der Waals surface area contributed by atoms with E-state index in [1.807, 2.05) is 60.7 Å². The highest BCUT2D eigenvalue weighted by molar-refractivity contribution is 6.27. The summed E-state index contributed by atoms with van der Waals surface area (Å²) in [6.07, 6.45) is 0. The molecule has 0 amide bonds. The number of hydrogen-bond acceptors (Lipinski definition) is 3. The van der Waals surface area contributed by atoms with Gasteiger partial charge < -0.3 is 0 Å². The molecule has 0 unspecified atom stereocenters. The summed E-state index contributed by atoms with van der Waals surface area (Å²) in [5, 5.41) is 37.8. The van der Waals surface area contributed by atoms with Crippen LogP contribution in [0.2, 0.25) is 0 Å². The largest absolute Gasteiger partial charge is 0.192 e. The molecule has 10 rings (SSSR count). The number of hydrogen-bond donors (Lipinski definition) is 0. The monoisotopic (exact) mass is 655 g/mol. The zero-order valence-corrected chi connectivity index (χ0v) is 27.8. The normalized spacial score (nSPS) is 11.4. The van der Waals surface area contributed by atoms with Crippen LogP contribution >= 0.6 is 0 Å². The van der Waals surface area contributed by atoms with Crippen LogP contribution in [-0.2, 0) is 0 Å². The fourth-order valence-corrected chi connectivity index (χ4v) is 8.25. The lowest BCUT2D eigenvalue weighted by atomic mass is 9.86. The third kappa shape index (κ3) is 4.30. The molecule has 1 aliphatic rings. The van der Waals surface area contributed by atoms with Gasteiger partial charge in [-0.1, -0.05) is 91.0 Å². The van der Waals surface area contributed by atoms with Gasteiger partial charge in [0, 0.05) is 0 Å². The van der Waals surface area contributed by atoms with E-state index in [-0.39, 0.29) is 0 Å². The zero-order valence-electron chi connectivity index (χ0n) is 27.8. The Kier molecular flexibility index (Phi) is 6.37. The van der Waals surface area contributed by atoms with Gasteiger partial charge in [-0.05, 0) is 159 Å². The molecule has 0 radical (unpaired) electrons. The number of fused-ring (bicyclic) bond motifs is 8. The van der Waals surface area contributed by atoms with Gasteiger partial charge in [-0.25, -0.2) is 0 Å². The average molecular weight is 656 g/mol. The first-order valence-electron chi connectivity index (χ1n) is 17.2. The average Bonchev–Trinajstić information content (AvgIpc) is 3.53. The first-order valence-corrected chi connectivity index (χ1v) is 17.2. The van der Waals surface area contributed by atoms with Crippen LogP contribution in [0.3, 0.4) is 0 Å². The molecule has 0 heterocycles. The molecule has 3 heteroatoms. The van der Waals surface area contributed by atoms with Crippen LogP contribution in [0.25, 0.3) is 98.7 Å². The Labute approximate surface area is 300 Å². The molecule has 9 aromatic carbocycles. The molecule has 0 saturated carbocycles. The maximum atomic E-state index is 9.58. The van der Waals surface area contributed by atoms with Gasteiger partial charge in [0.2, 0.25) is 0 Å². The predicted molar refractivity (Wildman–Crippen MR) is 211 cm³/mol. The molecule has 236 valence electrons. The molecule has 0 aromatic heterocycles. The third-order valence-corrected chi connectivity index (χ3v) is 10.7. The van der Waals surface area contributed by atoms with Gasteiger partial charge in [-0.2, -0.15) is 15.8 Å². The highest BCUT2D eigenvalue weighted by Crippen LogP contribution is 2.52. The quantitative estimate of drug-likeness (QED) is 0.178. The van der Waals surface area contributed by atoms with E-state index in [9.17, 15) is 15.8 Å². The fraction of sp³-hybridized carbons (Fsp3) is 0. The fourth-order valence-electron chi connectivity index (χ4n) is 8.25. The molecule has 0 N–H and O–H groups in total. The van der Waals surface area contributed by atoms with Crippen LogP contribution in [0.4, 0.5) is 0 Å². The minimum absolute atomic E-state index is 0.632. The standard InChI is InChI=1S/C49H25N3/c50-26-29-8-14-32(15-9-29)35-20-21-40-45-25-48-46(24-44(45)39-7-3-6-38(35)49(39)40)42(34-18-12-31(28-52)13-19-34)23-43-37-5-2-1-4-36(37)41(22-47(43)48)33-16-10-30(27-51)11-17-33/h1-25H. The molecule has 0 bridgehead atoms. The third-order valence-electron chi connectivity index (χ3n) is 10.7. The van der Waals surface area contributed by atoms with Crippen molar-refractivity contribution < 1.29 is 0 Å². The maximum absolute atomic E-state index is 9.58. The van der Waals surface area contributed by atoms with Crippen LogP contribution in [0.1, 0.15) is 16.7 Å². The van der Waals surface area contributed by atoms with E-state index in [1.165, 1.54) is 33.0 Å². The van der Waals surface area contributed by atoms with E-state index >= 15 is 0 Å². The van der Waals surface area contributed by atoms with Crippen LogP contribution < -0.4 is 0 Å². The predicted octanol–water partition coefficient (Wildman–Crippen LogP) is 12.6. The summed E-state index contributed by atoms with van der Waals surface area (Å²) in [5.41, 5.74) is 13.3. The van der Waals surface area contributed by atoms with Gasteiger partial charge >= 0.3 is 0 Å². The summed E-state index contributed by atoms with van der Waals surface area (Å²) in [5.74, 6) is 0. The molecule has 52 heavy (non-hydrogen) atoms. The van der Waals surface area contributed by atoms with E-state index in [2.05, 4.69) is 109 Å². The van der Waals surface area contributed by atoms with Crippen molar-refractivity contribution in [3.05, 3.63) is 168 Å². The summed E-state index contributed by atoms with van der Waals surface area (Å²) >= 11 is 0. The number of nitriles is 3. The minimum atomic E-state index is 0.632. The van der Waals surface area contributed by atoms with Gasteiger partial charge in [0.1, 0.15) is 0 Å². The second kappa shape index (κ2) is 11.3. The summed E-state index contributed by atoms with van der Waals surface area (Å²) in [6.45, 7) is 0. The van der Waals surface area contributed by atoms with Gasteiger partial charge in [-0.3, -0.25) is 0 Å². The summed E-state index contributed by atoms with van der Waals surface area (Å²) < 4.78 is 0. The molecule has 3 nitrogen and oxygen atoms in total. The second-order valence-corrected chi connectivity index (χ2v) is 13.4. The maximum Gasteiger partial charge on any atom is 0.0991 e. The number of rotatable bonds is 3. The zero-order chi connectivity index (χ0) is 34.9. The van der Waals surface area contributed by atoms with Crippen molar-refractivity contribution in [2.75, 3.05) is 0 Å². The van der Waals surface area contributed by atoms with Crippen molar-refractivity contribution in [1.29, 1.82) is 15.8 Å². The Balaban J connectivity index is 1.30. The van der Waals surface area contributed by atoms with Crippen molar-refractivity contribution in [3.63, 3.8) is 0 Å². The van der Waals surface area contributed by atoms with E-state index in [4.69, 9.17) is 0 Å². The van der Waals surface area contributed by atoms with Crippen LogP contribution in [0.15, 0.2) is 152 Å². The van der Waals surface area contributed by atoms with E-state index in [0.29, 0.717) is 16.7 Å². The Morgan fingerprint density at radius 1 is 0.269 bits per heavy atom. The number of benzene rings is 9. The van der Waals surface area contributed by atoms with Crippen molar-refractivity contribution in [1.82, 2.24) is 0 Å². The second-order valence-electron chi connectivity index (χ2n) is 13.4. The summed E-state index contributed by atoms with van der Waals surface area (Å²) in [4.78, 5) is 0. The molecular formula is C49H25N3. The van der Waals surface area contributed by atoms with Crippen molar-refractivity contribution in [2.24, 2.45) is 0 Å². The van der Waals surface area contributed by atoms with E-state index < -0.39 is 0 Å². The van der Waals surface area contributed by atoms with Crippen molar-refractivity contribution in [2.45, 2.75) is 0 Å². The summed E-state index contributed by atoms with van der Waals surface area (Å²) in [7, 11) is 0. The van der Waals surface area contributed by atoms with Crippen LogP contribution in [-0.4, -0.2) is 0 Å². The van der Waals surface area contributed by atoms with Crippen LogP contribution in [0.5, 0.6) is 0 Å². The molecule has 0 spiro atoms. The number of nitrogens with zero attached hydrogens (tertiary/aromatic N) is 3.